The van der Waals surface area contributed by atoms with Crippen molar-refractivity contribution < 1.29 is 129 Å². The predicted molar refractivity (Wildman–Crippen MR) is 85.9 cm³/mol. The van der Waals surface area contributed by atoms with E-state index in [9.17, 15) is 0 Å². The number of hydrogen-bond acceptors (Lipinski definition) is 2. The number of aliphatic hydroxyl groups excluding tert-OH is 2. The van der Waals surface area contributed by atoms with E-state index in [1.54, 1.807) is 0 Å². The fraction of sp³-hybridized carbons (Fsp3) is 1.00. The minimum Gasteiger partial charge on any atom is -1.00 e. The predicted octanol–water partition coefficient (Wildman–Crippen LogP) is -22.7. The topological polar surface area (TPSA) is 166 Å². The summed E-state index contributed by atoms with van der Waals surface area (Å²) in [5, 5.41) is 16.8. The number of hydrogen-bond donors (Lipinski definition) is 2. The maximum atomic E-state index is 8.39. The standard InChI is InChI=1S/2C5H14NO.3BrH.2Ca.3ClH.4H2O/c2*1-6(2,3)4-5-7;;;;;;;;;;;;/h2*7H,4-5H2,1-3H3;3*1H;;;3*1H;4*1H2/q2*+1;;;;2*+2;;;;;;;/p-6. The molecule has 0 radical (unpaired) electrons. The van der Waals surface area contributed by atoms with Crippen LogP contribution in [-0.4, -0.2) is 185 Å². The summed E-state index contributed by atoms with van der Waals surface area (Å²) in [6.07, 6.45) is 0. The molecule has 26 heavy (non-hydrogen) atoms. The van der Waals surface area contributed by atoms with Crippen LogP contribution in [0.3, 0.4) is 0 Å². The number of halogens is 6. The fourth-order valence-corrected chi connectivity index (χ4v) is 0.600. The molecule has 0 saturated heterocycles. The van der Waals surface area contributed by atoms with Crippen LogP contribution in [0, 0.1) is 0 Å². The first-order chi connectivity index (χ1) is 6.12. The van der Waals surface area contributed by atoms with Gasteiger partial charge in [0, 0.05) is 0 Å². The summed E-state index contributed by atoms with van der Waals surface area (Å²) >= 11 is 0. The van der Waals surface area contributed by atoms with Gasteiger partial charge in [-0.2, -0.15) is 0 Å². The Morgan fingerprint density at radius 2 is 0.615 bits per heavy atom. The molecule has 16 heteroatoms. The molecule has 0 rings (SSSR count). The second-order valence-corrected chi connectivity index (χ2v) is 5.48. The minimum absolute atomic E-state index is 0. The van der Waals surface area contributed by atoms with Crippen molar-refractivity contribution in [2.75, 3.05) is 68.6 Å². The zero-order valence-corrected chi connectivity index (χ0v) is 27.7. The normalized spacial score (nSPS) is 6.46. The van der Waals surface area contributed by atoms with Crippen LogP contribution in [0.1, 0.15) is 0 Å². The smallest absolute Gasteiger partial charge is 1.00 e. The zero-order valence-electron chi connectivity index (χ0n) is 16.3. The molecule has 10 N–H and O–H groups in total. The van der Waals surface area contributed by atoms with Crippen molar-refractivity contribution in [3.05, 3.63) is 0 Å². The van der Waals surface area contributed by atoms with Gasteiger partial charge in [-0.25, -0.2) is 0 Å². The monoisotopic (exact) mass is 702 g/mol. The number of rotatable bonds is 4. The first kappa shape index (κ1) is 97.5. The fourth-order valence-electron chi connectivity index (χ4n) is 0.600. The average molecular weight is 707 g/mol. The van der Waals surface area contributed by atoms with E-state index in [1.165, 1.54) is 0 Å². The van der Waals surface area contributed by atoms with Crippen molar-refractivity contribution in [3.8, 4) is 0 Å². The summed E-state index contributed by atoms with van der Waals surface area (Å²) < 4.78 is 1.69. The van der Waals surface area contributed by atoms with Gasteiger partial charge in [0.25, 0.3) is 0 Å². The molecule has 0 aliphatic heterocycles. The molecule has 0 aromatic carbocycles. The van der Waals surface area contributed by atoms with Crippen LogP contribution in [0.25, 0.3) is 0 Å². The van der Waals surface area contributed by atoms with E-state index >= 15 is 0 Å². The largest absolute Gasteiger partial charge is 2.00 e. The minimum atomic E-state index is 0. The molecule has 168 valence electrons. The molecular formula is C10H36Br3Ca2Cl3N2O6. The third-order valence-corrected chi connectivity index (χ3v) is 1.54. The van der Waals surface area contributed by atoms with Crippen LogP contribution in [0.4, 0.5) is 0 Å². The molecule has 0 spiro atoms. The quantitative estimate of drug-likeness (QED) is 0.219. The molecule has 8 nitrogen and oxygen atoms in total. The maximum absolute atomic E-state index is 8.39. The Labute approximate surface area is 269 Å². The van der Waals surface area contributed by atoms with E-state index in [1.807, 2.05) is 0 Å². The van der Waals surface area contributed by atoms with Gasteiger partial charge in [0.15, 0.2) is 0 Å². The second kappa shape index (κ2) is 57.0. The van der Waals surface area contributed by atoms with Gasteiger partial charge in [-0.05, 0) is 0 Å². The molecule has 0 aliphatic rings. The first-order valence-electron chi connectivity index (χ1n) is 4.95. The summed E-state index contributed by atoms with van der Waals surface area (Å²) in [4.78, 5) is 0. The Hall–Kier alpha value is 4.51. The van der Waals surface area contributed by atoms with Crippen molar-refractivity contribution >= 4 is 75.5 Å². The average Bonchev–Trinajstić information content (AvgIpc) is 1.81. The van der Waals surface area contributed by atoms with Gasteiger partial charge >= 0.3 is 75.5 Å². The van der Waals surface area contributed by atoms with Crippen LogP contribution >= 0.6 is 0 Å². The molecule has 0 unspecified atom stereocenters. The molecule has 0 amide bonds. The van der Waals surface area contributed by atoms with E-state index in [2.05, 4.69) is 42.3 Å². The Balaban J connectivity index is -0.00000000632. The molecular weight excluding hydrogens is 670 g/mol. The van der Waals surface area contributed by atoms with Gasteiger partial charge in [0.1, 0.15) is 13.1 Å². The molecule has 0 bridgehead atoms. The van der Waals surface area contributed by atoms with Crippen molar-refractivity contribution in [2.45, 2.75) is 0 Å². The Bertz CT molecular complexity index is 153. The molecule has 0 aromatic heterocycles. The van der Waals surface area contributed by atoms with Gasteiger partial charge < -0.3 is 129 Å². The van der Waals surface area contributed by atoms with E-state index in [4.69, 9.17) is 10.2 Å². The van der Waals surface area contributed by atoms with Gasteiger partial charge in [0.05, 0.1) is 55.5 Å². The third-order valence-electron chi connectivity index (χ3n) is 1.54. The zero-order chi connectivity index (χ0) is 11.8. The summed E-state index contributed by atoms with van der Waals surface area (Å²) in [5.41, 5.74) is 0. The van der Waals surface area contributed by atoms with Crippen LogP contribution in [0.5, 0.6) is 0 Å². The van der Waals surface area contributed by atoms with Crippen molar-refractivity contribution in [2.24, 2.45) is 0 Å². The SMILES string of the molecule is C[N+](C)(C)CCO.C[N+](C)(C)CCO.O.O.O.O.[Br-].[Br-].[Br-].[Ca+2].[Ca+2].[Cl-].[Cl-].[Cl-]. The van der Waals surface area contributed by atoms with Crippen LogP contribution in [-0.2, 0) is 0 Å². The van der Waals surface area contributed by atoms with E-state index in [-0.39, 0.29) is 199 Å². The van der Waals surface area contributed by atoms with Gasteiger partial charge in [-0.3, -0.25) is 0 Å². The van der Waals surface area contributed by atoms with Crippen LogP contribution in [0.2, 0.25) is 0 Å². The van der Waals surface area contributed by atoms with Crippen molar-refractivity contribution in [1.29, 1.82) is 0 Å². The Morgan fingerprint density at radius 3 is 0.615 bits per heavy atom. The Kier molecular flexibility index (Phi) is 214. The van der Waals surface area contributed by atoms with Gasteiger partial charge in [0.2, 0.25) is 0 Å². The van der Waals surface area contributed by atoms with Crippen LogP contribution in [0.15, 0.2) is 0 Å². The molecule has 0 aliphatic carbocycles. The van der Waals surface area contributed by atoms with E-state index < -0.39 is 0 Å². The molecule has 0 aromatic rings. The maximum Gasteiger partial charge on any atom is 2.00 e. The van der Waals surface area contributed by atoms with E-state index in [0.717, 1.165) is 22.1 Å². The van der Waals surface area contributed by atoms with Crippen molar-refractivity contribution in [1.82, 2.24) is 0 Å². The van der Waals surface area contributed by atoms with Gasteiger partial charge in [-0.1, -0.05) is 0 Å². The third kappa shape index (κ3) is 138. The molecule has 0 atom stereocenters. The summed E-state index contributed by atoms with van der Waals surface area (Å²) in [6.45, 7) is 2.23. The number of likely N-dealkylation sites (N-methyl/N-ethyl adjacent to an activating group) is 2. The number of quaternary nitrogens is 2. The van der Waals surface area contributed by atoms with E-state index in [0.29, 0.717) is 0 Å². The number of nitrogens with zero attached hydrogens (tertiary/aromatic N) is 2. The van der Waals surface area contributed by atoms with Crippen molar-refractivity contribution in [3.63, 3.8) is 0 Å². The van der Waals surface area contributed by atoms with Crippen LogP contribution < -0.4 is 88.2 Å². The van der Waals surface area contributed by atoms with Gasteiger partial charge in [-0.15, -0.1) is 0 Å². The molecule has 0 fully saturated rings. The second-order valence-electron chi connectivity index (χ2n) is 5.48. The summed E-state index contributed by atoms with van der Waals surface area (Å²) in [6, 6.07) is 0. The molecule has 0 heterocycles. The first-order valence-corrected chi connectivity index (χ1v) is 4.95. The number of aliphatic hydroxyl groups is 2. The summed E-state index contributed by atoms with van der Waals surface area (Å²) in [7, 11) is 12.3. The Morgan fingerprint density at radius 1 is 0.500 bits per heavy atom. The summed E-state index contributed by atoms with van der Waals surface area (Å²) in [5.74, 6) is 0. The molecule has 0 saturated carbocycles.